The van der Waals surface area contributed by atoms with Crippen molar-refractivity contribution >= 4 is 22.6 Å². The van der Waals surface area contributed by atoms with Crippen molar-refractivity contribution < 1.29 is 10.2 Å². The van der Waals surface area contributed by atoms with Gasteiger partial charge in [-0.2, -0.15) is 0 Å². The van der Waals surface area contributed by atoms with Gasteiger partial charge in [0.2, 0.25) is 0 Å². The minimum Gasteiger partial charge on any atom is -0.508 e. The maximum absolute atomic E-state index is 9.34. The number of phenols is 1. The summed E-state index contributed by atoms with van der Waals surface area (Å²) in [6.45, 7) is -0.159. The highest BCUT2D eigenvalue weighted by Crippen LogP contribution is 2.24. The van der Waals surface area contributed by atoms with Crippen LogP contribution in [-0.4, -0.2) is 16.8 Å². The van der Waals surface area contributed by atoms with Crippen LogP contribution in [0.3, 0.4) is 0 Å². The third kappa shape index (κ3) is 2.09. The molecule has 4 heteroatoms. The van der Waals surface area contributed by atoms with E-state index in [1.807, 2.05) is 0 Å². The quantitative estimate of drug-likeness (QED) is 0.707. The number of halogens is 1. The van der Waals surface area contributed by atoms with Crippen LogP contribution in [0.2, 0.25) is 0 Å². The Morgan fingerprint density at radius 3 is 2.75 bits per heavy atom. The van der Waals surface area contributed by atoms with Crippen molar-refractivity contribution in [2.45, 2.75) is 6.04 Å². The fourth-order valence-corrected chi connectivity index (χ4v) is 1.44. The molecule has 1 atom stereocenters. The van der Waals surface area contributed by atoms with E-state index in [9.17, 15) is 5.11 Å². The first-order chi connectivity index (χ1) is 5.65. The molecule has 0 amide bonds. The molecule has 0 fully saturated rings. The molecule has 0 aromatic heterocycles. The lowest BCUT2D eigenvalue weighted by Gasteiger charge is -2.10. The van der Waals surface area contributed by atoms with Crippen molar-refractivity contribution in [1.29, 1.82) is 0 Å². The van der Waals surface area contributed by atoms with E-state index in [0.29, 0.717) is 5.56 Å². The van der Waals surface area contributed by atoms with Crippen LogP contribution in [0.4, 0.5) is 0 Å². The zero-order valence-corrected chi connectivity index (χ0v) is 8.52. The van der Waals surface area contributed by atoms with E-state index < -0.39 is 6.04 Å². The Labute approximate surface area is 84.4 Å². The summed E-state index contributed by atoms with van der Waals surface area (Å²) in [5.41, 5.74) is 6.14. The summed E-state index contributed by atoms with van der Waals surface area (Å²) < 4.78 is 0.990. The molecule has 0 radical (unpaired) electrons. The average Bonchev–Trinajstić information content (AvgIpc) is 2.08. The zero-order chi connectivity index (χ0) is 9.14. The molecule has 0 aliphatic carbocycles. The standard InChI is InChI=1S/C8H10INO2/c9-5-1-2-8(12)6(3-5)7(10)4-11/h1-3,7,11-12H,4,10H2. The van der Waals surface area contributed by atoms with E-state index in [0.717, 1.165) is 3.57 Å². The van der Waals surface area contributed by atoms with Crippen LogP contribution in [0.5, 0.6) is 5.75 Å². The molecule has 4 N–H and O–H groups in total. The summed E-state index contributed by atoms with van der Waals surface area (Å²) in [7, 11) is 0. The summed E-state index contributed by atoms with van der Waals surface area (Å²) >= 11 is 2.12. The van der Waals surface area contributed by atoms with Crippen LogP contribution in [0.1, 0.15) is 11.6 Å². The predicted octanol–water partition coefficient (Wildman–Crippen LogP) is 0.989. The lowest BCUT2D eigenvalue weighted by atomic mass is 10.1. The first-order valence-corrected chi connectivity index (χ1v) is 4.58. The minimum atomic E-state index is -0.500. The SMILES string of the molecule is NC(CO)c1cc(I)ccc1O. The van der Waals surface area contributed by atoms with Gasteiger partial charge in [0, 0.05) is 9.13 Å². The lowest BCUT2D eigenvalue weighted by molar-refractivity contribution is 0.265. The molecule has 12 heavy (non-hydrogen) atoms. The second kappa shape index (κ2) is 4.06. The minimum absolute atomic E-state index is 0.136. The van der Waals surface area contributed by atoms with Gasteiger partial charge in [0.05, 0.1) is 12.6 Å². The van der Waals surface area contributed by atoms with Crippen molar-refractivity contribution in [3.05, 3.63) is 27.3 Å². The van der Waals surface area contributed by atoms with Crippen LogP contribution in [0.15, 0.2) is 18.2 Å². The highest BCUT2D eigenvalue weighted by atomic mass is 127. The Hall–Kier alpha value is -0.330. The number of rotatable bonds is 2. The largest absolute Gasteiger partial charge is 0.508 e. The van der Waals surface area contributed by atoms with E-state index in [1.54, 1.807) is 18.2 Å². The Balaban J connectivity index is 3.04. The average molecular weight is 279 g/mol. The molecule has 0 saturated carbocycles. The van der Waals surface area contributed by atoms with E-state index >= 15 is 0 Å². The Kier molecular flexibility index (Phi) is 3.30. The molecular formula is C8H10INO2. The third-order valence-corrected chi connectivity index (χ3v) is 2.26. The highest BCUT2D eigenvalue weighted by Gasteiger charge is 2.09. The van der Waals surface area contributed by atoms with Gasteiger partial charge in [-0.05, 0) is 40.8 Å². The molecule has 1 aromatic carbocycles. The molecule has 66 valence electrons. The molecule has 1 rings (SSSR count). The lowest BCUT2D eigenvalue weighted by Crippen LogP contribution is -2.14. The van der Waals surface area contributed by atoms with Crippen LogP contribution in [0, 0.1) is 3.57 Å². The molecule has 3 nitrogen and oxygen atoms in total. The Morgan fingerprint density at radius 2 is 2.17 bits per heavy atom. The van der Waals surface area contributed by atoms with Gasteiger partial charge in [0.1, 0.15) is 5.75 Å². The first-order valence-electron chi connectivity index (χ1n) is 3.50. The van der Waals surface area contributed by atoms with E-state index in [-0.39, 0.29) is 12.4 Å². The van der Waals surface area contributed by atoms with Gasteiger partial charge in [-0.25, -0.2) is 0 Å². The van der Waals surface area contributed by atoms with Gasteiger partial charge < -0.3 is 15.9 Å². The van der Waals surface area contributed by atoms with E-state index in [4.69, 9.17) is 10.8 Å². The molecule has 1 unspecified atom stereocenters. The molecule has 0 aliphatic heterocycles. The fourth-order valence-electron chi connectivity index (χ4n) is 0.921. The number of phenolic OH excluding ortho intramolecular Hbond substituents is 1. The molecule has 0 aliphatic rings. The van der Waals surface area contributed by atoms with Crippen molar-refractivity contribution in [2.24, 2.45) is 5.73 Å². The summed E-state index contributed by atoms with van der Waals surface area (Å²) in [5.74, 6) is 0.136. The molecule has 1 aromatic rings. The summed E-state index contributed by atoms with van der Waals surface area (Å²) in [4.78, 5) is 0. The second-order valence-corrected chi connectivity index (χ2v) is 3.74. The topological polar surface area (TPSA) is 66.5 Å². The van der Waals surface area contributed by atoms with Crippen molar-refractivity contribution in [1.82, 2.24) is 0 Å². The summed E-state index contributed by atoms with van der Waals surface area (Å²) in [5, 5.41) is 18.1. The van der Waals surface area contributed by atoms with Gasteiger partial charge in [-0.1, -0.05) is 0 Å². The van der Waals surface area contributed by atoms with Gasteiger partial charge in [0.15, 0.2) is 0 Å². The number of nitrogens with two attached hydrogens (primary N) is 1. The second-order valence-electron chi connectivity index (χ2n) is 2.49. The molecule has 0 bridgehead atoms. The molecule has 0 saturated heterocycles. The van der Waals surface area contributed by atoms with Crippen LogP contribution in [-0.2, 0) is 0 Å². The number of hydrogen-bond donors (Lipinski definition) is 3. The number of hydrogen-bond acceptors (Lipinski definition) is 3. The number of aliphatic hydroxyl groups excluding tert-OH is 1. The van der Waals surface area contributed by atoms with Crippen molar-refractivity contribution in [2.75, 3.05) is 6.61 Å². The van der Waals surface area contributed by atoms with Gasteiger partial charge in [0.25, 0.3) is 0 Å². The Morgan fingerprint density at radius 1 is 1.50 bits per heavy atom. The highest BCUT2D eigenvalue weighted by molar-refractivity contribution is 14.1. The van der Waals surface area contributed by atoms with Crippen LogP contribution in [0.25, 0.3) is 0 Å². The predicted molar refractivity (Wildman–Crippen MR) is 54.8 cm³/mol. The van der Waals surface area contributed by atoms with E-state index in [2.05, 4.69) is 22.6 Å². The van der Waals surface area contributed by atoms with Crippen LogP contribution < -0.4 is 5.73 Å². The smallest absolute Gasteiger partial charge is 0.120 e. The summed E-state index contributed by atoms with van der Waals surface area (Å²) in [6, 6.07) is 4.62. The molecule has 0 spiro atoms. The van der Waals surface area contributed by atoms with Gasteiger partial charge >= 0.3 is 0 Å². The summed E-state index contributed by atoms with van der Waals surface area (Å²) in [6.07, 6.45) is 0. The Bertz CT molecular complexity index is 278. The van der Waals surface area contributed by atoms with Gasteiger partial charge in [-0.15, -0.1) is 0 Å². The maximum Gasteiger partial charge on any atom is 0.120 e. The van der Waals surface area contributed by atoms with Crippen molar-refractivity contribution in [3.63, 3.8) is 0 Å². The number of aliphatic hydroxyl groups is 1. The monoisotopic (exact) mass is 279 g/mol. The van der Waals surface area contributed by atoms with Gasteiger partial charge in [-0.3, -0.25) is 0 Å². The first kappa shape index (κ1) is 9.76. The van der Waals surface area contributed by atoms with Crippen molar-refractivity contribution in [3.8, 4) is 5.75 Å². The molecule has 0 heterocycles. The maximum atomic E-state index is 9.34. The zero-order valence-electron chi connectivity index (χ0n) is 6.37. The van der Waals surface area contributed by atoms with Crippen LogP contribution >= 0.6 is 22.6 Å². The number of aromatic hydroxyl groups is 1. The number of benzene rings is 1. The normalized spacial score (nSPS) is 12.9. The third-order valence-electron chi connectivity index (χ3n) is 1.59. The fraction of sp³-hybridized carbons (Fsp3) is 0.250. The van der Waals surface area contributed by atoms with E-state index in [1.165, 1.54) is 0 Å². The molecular weight excluding hydrogens is 269 g/mol.